The van der Waals surface area contributed by atoms with Crippen LogP contribution in [0.4, 0.5) is 10.1 Å². The molecule has 0 unspecified atom stereocenters. The lowest BCUT2D eigenvalue weighted by Crippen LogP contribution is -2.31. The van der Waals surface area contributed by atoms with Crippen molar-refractivity contribution in [3.8, 4) is 5.75 Å². The summed E-state index contributed by atoms with van der Waals surface area (Å²) in [7, 11) is 0. The van der Waals surface area contributed by atoms with Gasteiger partial charge < -0.3 is 4.74 Å². The normalized spacial score (nSPS) is 14.4. The zero-order chi connectivity index (χ0) is 20.3. The van der Waals surface area contributed by atoms with Crippen LogP contribution in [0.1, 0.15) is 32.8 Å². The minimum Gasteiger partial charge on any atom is -0.494 e. The van der Waals surface area contributed by atoms with Crippen molar-refractivity contribution >= 4 is 34.8 Å². The predicted octanol–water partition coefficient (Wildman–Crippen LogP) is 5.04. The van der Waals surface area contributed by atoms with Crippen LogP contribution in [0.25, 0.3) is 5.57 Å². The van der Waals surface area contributed by atoms with Crippen molar-refractivity contribution in [1.82, 2.24) is 0 Å². The lowest BCUT2D eigenvalue weighted by Gasteiger charge is -2.16. The summed E-state index contributed by atoms with van der Waals surface area (Å²) in [5, 5.41) is 0.112. The van der Waals surface area contributed by atoms with E-state index in [2.05, 4.69) is 0 Å². The number of anilines is 1. The zero-order valence-corrected chi connectivity index (χ0v) is 16.9. The molecular formula is C22H22FNO3S. The van der Waals surface area contributed by atoms with Crippen LogP contribution in [-0.4, -0.2) is 23.7 Å². The van der Waals surface area contributed by atoms with Crippen LogP contribution >= 0.6 is 11.8 Å². The number of imide groups is 1. The molecule has 1 aliphatic heterocycles. The van der Waals surface area contributed by atoms with E-state index in [1.54, 1.807) is 24.3 Å². The SMILES string of the molecule is CCCOc1cccc(N2C(=O)C(SC(C)C)=C(c3ccc(F)cc3)C2=O)c1. The highest BCUT2D eigenvalue weighted by atomic mass is 32.2. The molecule has 146 valence electrons. The van der Waals surface area contributed by atoms with E-state index in [4.69, 9.17) is 4.74 Å². The van der Waals surface area contributed by atoms with Crippen molar-refractivity contribution in [2.24, 2.45) is 0 Å². The van der Waals surface area contributed by atoms with E-state index < -0.39 is 11.7 Å². The number of nitrogens with zero attached hydrogens (tertiary/aromatic N) is 1. The highest BCUT2D eigenvalue weighted by Crippen LogP contribution is 2.40. The molecule has 0 aliphatic carbocycles. The Morgan fingerprint density at radius 2 is 1.79 bits per heavy atom. The lowest BCUT2D eigenvalue weighted by atomic mass is 10.1. The molecule has 2 aromatic rings. The van der Waals surface area contributed by atoms with Crippen LogP contribution in [0.3, 0.4) is 0 Å². The van der Waals surface area contributed by atoms with Crippen molar-refractivity contribution in [3.63, 3.8) is 0 Å². The molecule has 0 fully saturated rings. The Bertz CT molecular complexity index is 922. The van der Waals surface area contributed by atoms with Gasteiger partial charge in [-0.15, -0.1) is 11.8 Å². The average molecular weight is 399 g/mol. The van der Waals surface area contributed by atoms with Gasteiger partial charge in [0.2, 0.25) is 0 Å². The largest absolute Gasteiger partial charge is 0.494 e. The molecule has 2 aromatic carbocycles. The number of amides is 2. The van der Waals surface area contributed by atoms with E-state index in [1.165, 1.54) is 40.9 Å². The number of carbonyl (C=O) groups excluding carboxylic acids is 2. The molecule has 0 bridgehead atoms. The lowest BCUT2D eigenvalue weighted by molar-refractivity contribution is -0.119. The fourth-order valence-corrected chi connectivity index (χ4v) is 3.88. The summed E-state index contributed by atoms with van der Waals surface area (Å²) in [4.78, 5) is 27.9. The molecule has 4 nitrogen and oxygen atoms in total. The summed E-state index contributed by atoms with van der Waals surface area (Å²) in [6, 6.07) is 12.6. The molecule has 0 spiro atoms. The second kappa shape index (κ2) is 8.61. The number of hydrogen-bond donors (Lipinski definition) is 0. The molecule has 0 saturated heterocycles. The van der Waals surface area contributed by atoms with Crippen molar-refractivity contribution in [3.05, 3.63) is 64.8 Å². The van der Waals surface area contributed by atoms with Gasteiger partial charge in [-0.25, -0.2) is 9.29 Å². The summed E-state index contributed by atoms with van der Waals surface area (Å²) in [5.41, 5.74) is 1.30. The Balaban J connectivity index is 2.02. The Morgan fingerprint density at radius 1 is 1.07 bits per heavy atom. The molecule has 3 rings (SSSR count). The van der Waals surface area contributed by atoms with Gasteiger partial charge in [-0.05, 0) is 36.2 Å². The molecule has 0 atom stereocenters. The maximum absolute atomic E-state index is 13.3. The summed E-state index contributed by atoms with van der Waals surface area (Å²) in [6.07, 6.45) is 0.858. The Hall–Kier alpha value is -2.60. The standard InChI is InChI=1S/C22H22FNO3S/c1-4-12-27-18-7-5-6-17(13-18)24-21(25)19(15-8-10-16(23)11-9-15)20(22(24)26)28-14(2)3/h5-11,13-14H,4,12H2,1-3H3. The third-order valence-electron chi connectivity index (χ3n) is 4.08. The fraction of sp³-hybridized carbons (Fsp3) is 0.273. The van der Waals surface area contributed by atoms with Crippen molar-refractivity contribution in [2.45, 2.75) is 32.4 Å². The van der Waals surface area contributed by atoms with Crippen LogP contribution in [0, 0.1) is 5.82 Å². The minimum atomic E-state index is -0.410. The highest BCUT2D eigenvalue weighted by Gasteiger charge is 2.40. The first-order valence-corrected chi connectivity index (χ1v) is 10.1. The summed E-state index contributed by atoms with van der Waals surface area (Å²) >= 11 is 1.34. The smallest absolute Gasteiger partial charge is 0.272 e. The van der Waals surface area contributed by atoms with E-state index in [0.717, 1.165) is 6.42 Å². The second-order valence-electron chi connectivity index (χ2n) is 6.67. The second-order valence-corrected chi connectivity index (χ2v) is 8.26. The summed E-state index contributed by atoms with van der Waals surface area (Å²) < 4.78 is 19.0. The van der Waals surface area contributed by atoms with Crippen molar-refractivity contribution in [2.75, 3.05) is 11.5 Å². The fourth-order valence-electron chi connectivity index (χ4n) is 2.89. The van der Waals surface area contributed by atoms with Gasteiger partial charge in [-0.1, -0.05) is 39.0 Å². The number of ether oxygens (including phenoxy) is 1. The third kappa shape index (κ3) is 4.12. The van der Waals surface area contributed by atoms with Gasteiger partial charge in [0.25, 0.3) is 11.8 Å². The molecular weight excluding hydrogens is 377 g/mol. The van der Waals surface area contributed by atoms with Gasteiger partial charge in [0, 0.05) is 11.3 Å². The number of thioether (sulfide) groups is 1. The Morgan fingerprint density at radius 3 is 2.43 bits per heavy atom. The van der Waals surface area contributed by atoms with E-state index in [0.29, 0.717) is 34.1 Å². The van der Waals surface area contributed by atoms with Gasteiger partial charge in [-0.3, -0.25) is 9.59 Å². The van der Waals surface area contributed by atoms with E-state index in [1.807, 2.05) is 20.8 Å². The van der Waals surface area contributed by atoms with Crippen LogP contribution in [0.15, 0.2) is 53.4 Å². The van der Waals surface area contributed by atoms with Gasteiger partial charge in [0.15, 0.2) is 0 Å². The number of hydrogen-bond acceptors (Lipinski definition) is 4. The third-order valence-corrected chi connectivity index (χ3v) is 5.16. The van der Waals surface area contributed by atoms with Crippen LogP contribution < -0.4 is 9.64 Å². The quantitative estimate of drug-likeness (QED) is 0.612. The van der Waals surface area contributed by atoms with Crippen LogP contribution in [0.5, 0.6) is 5.75 Å². The molecule has 1 heterocycles. The van der Waals surface area contributed by atoms with Gasteiger partial charge in [-0.2, -0.15) is 0 Å². The molecule has 1 aliphatic rings. The zero-order valence-electron chi connectivity index (χ0n) is 16.1. The topological polar surface area (TPSA) is 46.6 Å². The first-order chi connectivity index (χ1) is 13.4. The Kier molecular flexibility index (Phi) is 6.19. The molecule has 0 aromatic heterocycles. The monoisotopic (exact) mass is 399 g/mol. The minimum absolute atomic E-state index is 0.112. The number of halogens is 1. The Labute approximate surface area is 168 Å². The molecule has 6 heteroatoms. The molecule has 28 heavy (non-hydrogen) atoms. The van der Waals surface area contributed by atoms with Gasteiger partial charge in [0.05, 0.1) is 22.8 Å². The van der Waals surface area contributed by atoms with Crippen molar-refractivity contribution in [1.29, 1.82) is 0 Å². The van der Waals surface area contributed by atoms with E-state index in [9.17, 15) is 14.0 Å². The van der Waals surface area contributed by atoms with Crippen molar-refractivity contribution < 1.29 is 18.7 Å². The maximum Gasteiger partial charge on any atom is 0.272 e. The van der Waals surface area contributed by atoms with E-state index >= 15 is 0 Å². The van der Waals surface area contributed by atoms with E-state index in [-0.39, 0.29) is 11.2 Å². The summed E-state index contributed by atoms with van der Waals surface area (Å²) in [5.74, 6) is -0.562. The van der Waals surface area contributed by atoms with Gasteiger partial charge >= 0.3 is 0 Å². The molecule has 0 saturated carbocycles. The maximum atomic E-state index is 13.3. The van der Waals surface area contributed by atoms with Crippen LogP contribution in [0.2, 0.25) is 0 Å². The first kappa shape index (κ1) is 20.1. The van der Waals surface area contributed by atoms with Crippen LogP contribution in [-0.2, 0) is 9.59 Å². The number of benzene rings is 2. The highest BCUT2D eigenvalue weighted by molar-refractivity contribution is 8.04. The summed E-state index contributed by atoms with van der Waals surface area (Å²) in [6.45, 7) is 6.48. The predicted molar refractivity (Wildman–Crippen MR) is 111 cm³/mol. The average Bonchev–Trinajstić information content (AvgIpc) is 2.90. The number of rotatable bonds is 7. The molecule has 2 amide bonds. The first-order valence-electron chi connectivity index (χ1n) is 9.21. The molecule has 0 N–H and O–H groups in total. The van der Waals surface area contributed by atoms with Gasteiger partial charge in [0.1, 0.15) is 11.6 Å². The molecule has 0 radical (unpaired) electrons. The number of carbonyl (C=O) groups is 2.